The smallest absolute Gasteiger partial charge is 0.244 e. The summed E-state index contributed by atoms with van der Waals surface area (Å²) in [5.41, 5.74) is 0.673. The zero-order valence-corrected chi connectivity index (χ0v) is 13.4. The van der Waals surface area contributed by atoms with Gasteiger partial charge >= 0.3 is 0 Å². The molecule has 0 saturated carbocycles. The maximum atomic E-state index is 12.4. The highest BCUT2D eigenvalue weighted by molar-refractivity contribution is 5.78. The van der Waals surface area contributed by atoms with Crippen molar-refractivity contribution in [1.82, 2.24) is 20.0 Å². The molecule has 1 atom stereocenters. The fourth-order valence-electron chi connectivity index (χ4n) is 2.92. The van der Waals surface area contributed by atoms with E-state index in [1.54, 1.807) is 16.6 Å². The van der Waals surface area contributed by atoms with Crippen LogP contribution in [0.5, 0.6) is 0 Å². The maximum Gasteiger partial charge on any atom is 0.244 e. The summed E-state index contributed by atoms with van der Waals surface area (Å²) in [4.78, 5) is 25.6. The van der Waals surface area contributed by atoms with Crippen molar-refractivity contribution in [3.8, 4) is 0 Å². The minimum Gasteiger partial charge on any atom is -0.388 e. The number of aromatic nitrogens is 2. The highest BCUT2D eigenvalue weighted by Crippen LogP contribution is 2.24. The van der Waals surface area contributed by atoms with Gasteiger partial charge in [0.05, 0.1) is 17.7 Å². The fourth-order valence-corrected chi connectivity index (χ4v) is 2.92. The molecular formula is C15H24N4O3. The third-order valence-corrected chi connectivity index (χ3v) is 4.06. The minimum atomic E-state index is -1.14. The summed E-state index contributed by atoms with van der Waals surface area (Å²) in [6.07, 6.45) is 1.24. The van der Waals surface area contributed by atoms with Crippen LogP contribution in [-0.4, -0.2) is 57.3 Å². The Morgan fingerprint density at radius 1 is 1.45 bits per heavy atom. The molecule has 7 nitrogen and oxygen atoms in total. The number of hydrogen-bond acceptors (Lipinski definition) is 4. The number of rotatable bonds is 4. The topological polar surface area (TPSA) is 87.5 Å². The normalized spacial score (nSPS) is 21.7. The average molecular weight is 308 g/mol. The number of nitrogens with one attached hydrogen (secondary N) is 1. The van der Waals surface area contributed by atoms with E-state index < -0.39 is 5.60 Å². The summed E-state index contributed by atoms with van der Waals surface area (Å²) in [6.45, 7) is 4.75. The number of amides is 2. The number of nitrogens with zero attached hydrogens (tertiary/aromatic N) is 3. The fraction of sp³-hybridized carbons (Fsp3) is 0.667. The monoisotopic (exact) mass is 308 g/mol. The second kappa shape index (κ2) is 6.48. The van der Waals surface area contributed by atoms with Crippen molar-refractivity contribution in [2.75, 3.05) is 20.1 Å². The van der Waals surface area contributed by atoms with E-state index in [0.717, 1.165) is 11.4 Å². The van der Waals surface area contributed by atoms with Crippen LogP contribution in [0.15, 0.2) is 6.07 Å². The van der Waals surface area contributed by atoms with E-state index in [1.165, 1.54) is 0 Å². The molecule has 1 aliphatic rings. The molecule has 0 bridgehead atoms. The molecule has 2 rings (SSSR count). The Balaban J connectivity index is 2.01. The molecule has 1 unspecified atom stereocenters. The number of aryl methyl sites for hydroxylation is 2. The van der Waals surface area contributed by atoms with E-state index in [0.29, 0.717) is 19.4 Å². The summed E-state index contributed by atoms with van der Waals surface area (Å²) in [5.74, 6) is -0.295. The predicted molar refractivity (Wildman–Crippen MR) is 81.1 cm³/mol. The van der Waals surface area contributed by atoms with Gasteiger partial charge in [-0.25, -0.2) is 0 Å². The highest BCUT2D eigenvalue weighted by Gasteiger charge is 2.36. The second-order valence-corrected chi connectivity index (χ2v) is 6.08. The number of β-amino-alcohol motifs (C(OH)–C–C–N with tert-alkyl or cyclic N) is 1. The van der Waals surface area contributed by atoms with E-state index in [-0.39, 0.29) is 31.3 Å². The lowest BCUT2D eigenvalue weighted by Gasteiger charge is -2.38. The molecule has 1 fully saturated rings. The van der Waals surface area contributed by atoms with Crippen LogP contribution < -0.4 is 5.32 Å². The van der Waals surface area contributed by atoms with Gasteiger partial charge < -0.3 is 15.3 Å². The van der Waals surface area contributed by atoms with Gasteiger partial charge in [0, 0.05) is 25.8 Å². The van der Waals surface area contributed by atoms with E-state index >= 15 is 0 Å². The van der Waals surface area contributed by atoms with Crippen molar-refractivity contribution in [1.29, 1.82) is 0 Å². The SMILES string of the molecule is CNC(=O)CC1(O)CCCN(C(=O)Cn2nc(C)cc2C)C1. The Morgan fingerprint density at radius 3 is 2.77 bits per heavy atom. The Bertz CT molecular complexity index is 569. The molecule has 1 saturated heterocycles. The van der Waals surface area contributed by atoms with Gasteiger partial charge in [0.1, 0.15) is 6.54 Å². The number of hydrogen-bond donors (Lipinski definition) is 2. The Labute approximate surface area is 130 Å². The summed E-state index contributed by atoms with van der Waals surface area (Å²) < 4.78 is 1.67. The van der Waals surface area contributed by atoms with Crippen molar-refractivity contribution in [2.45, 2.75) is 45.3 Å². The maximum absolute atomic E-state index is 12.4. The van der Waals surface area contributed by atoms with Crippen molar-refractivity contribution in [3.63, 3.8) is 0 Å². The zero-order chi connectivity index (χ0) is 16.3. The third kappa shape index (κ3) is 3.85. The molecule has 0 radical (unpaired) electrons. The van der Waals surface area contributed by atoms with Crippen LogP contribution >= 0.6 is 0 Å². The first-order chi connectivity index (χ1) is 10.3. The lowest BCUT2D eigenvalue weighted by Crippen LogP contribution is -2.52. The molecule has 7 heteroatoms. The van der Waals surface area contributed by atoms with Gasteiger partial charge in [-0.3, -0.25) is 14.3 Å². The first-order valence-electron chi connectivity index (χ1n) is 7.55. The summed E-state index contributed by atoms with van der Waals surface area (Å²) in [7, 11) is 1.54. The summed E-state index contributed by atoms with van der Waals surface area (Å²) in [5, 5.41) is 17.3. The number of carbonyl (C=O) groups excluding carboxylic acids is 2. The van der Waals surface area contributed by atoms with Crippen LogP contribution in [0.25, 0.3) is 0 Å². The number of carbonyl (C=O) groups is 2. The molecule has 1 aliphatic heterocycles. The number of aliphatic hydroxyl groups is 1. The standard InChI is InChI=1S/C15H24N4O3/c1-11-7-12(2)19(17-11)9-14(21)18-6-4-5-15(22,10-18)8-13(20)16-3/h7,22H,4-6,8-10H2,1-3H3,(H,16,20). The summed E-state index contributed by atoms with van der Waals surface area (Å²) in [6, 6.07) is 1.92. The van der Waals surface area contributed by atoms with Gasteiger partial charge in [0.15, 0.2) is 0 Å². The molecular weight excluding hydrogens is 284 g/mol. The van der Waals surface area contributed by atoms with Gasteiger partial charge in [-0.2, -0.15) is 5.10 Å². The Hall–Kier alpha value is -1.89. The summed E-state index contributed by atoms with van der Waals surface area (Å²) >= 11 is 0. The van der Waals surface area contributed by atoms with Crippen molar-refractivity contribution >= 4 is 11.8 Å². The molecule has 122 valence electrons. The molecule has 2 amide bonds. The van der Waals surface area contributed by atoms with Gasteiger partial charge in [0.2, 0.25) is 11.8 Å². The van der Waals surface area contributed by atoms with E-state index in [4.69, 9.17) is 0 Å². The Kier molecular flexibility index (Phi) is 4.85. The molecule has 0 aromatic carbocycles. The lowest BCUT2D eigenvalue weighted by molar-refractivity contribution is -0.143. The van der Waals surface area contributed by atoms with Crippen LogP contribution in [0.1, 0.15) is 30.7 Å². The zero-order valence-electron chi connectivity index (χ0n) is 13.4. The van der Waals surface area contributed by atoms with Crippen LogP contribution in [0.4, 0.5) is 0 Å². The highest BCUT2D eigenvalue weighted by atomic mass is 16.3. The first-order valence-corrected chi connectivity index (χ1v) is 7.55. The third-order valence-electron chi connectivity index (χ3n) is 4.06. The number of likely N-dealkylation sites (tertiary alicyclic amines) is 1. The van der Waals surface area contributed by atoms with Gasteiger partial charge in [-0.1, -0.05) is 0 Å². The van der Waals surface area contributed by atoms with Gasteiger partial charge in [-0.05, 0) is 32.8 Å². The van der Waals surface area contributed by atoms with Crippen molar-refractivity contribution in [3.05, 3.63) is 17.5 Å². The molecule has 2 heterocycles. The lowest BCUT2D eigenvalue weighted by atomic mass is 9.89. The molecule has 22 heavy (non-hydrogen) atoms. The second-order valence-electron chi connectivity index (χ2n) is 6.08. The van der Waals surface area contributed by atoms with Gasteiger partial charge in [-0.15, -0.1) is 0 Å². The van der Waals surface area contributed by atoms with Crippen molar-refractivity contribution < 1.29 is 14.7 Å². The van der Waals surface area contributed by atoms with E-state index in [1.807, 2.05) is 19.9 Å². The van der Waals surface area contributed by atoms with Crippen LogP contribution in [0.2, 0.25) is 0 Å². The van der Waals surface area contributed by atoms with Gasteiger partial charge in [0.25, 0.3) is 0 Å². The average Bonchev–Trinajstić information content (AvgIpc) is 2.76. The van der Waals surface area contributed by atoms with E-state index in [9.17, 15) is 14.7 Å². The predicted octanol–water partition coefficient (Wildman–Crippen LogP) is -0.0105. The molecule has 1 aromatic rings. The van der Waals surface area contributed by atoms with Crippen molar-refractivity contribution in [2.24, 2.45) is 0 Å². The van der Waals surface area contributed by atoms with Crippen LogP contribution in [-0.2, 0) is 16.1 Å². The minimum absolute atomic E-state index is 0.0210. The quantitative estimate of drug-likeness (QED) is 0.819. The first kappa shape index (κ1) is 16.5. The van der Waals surface area contributed by atoms with Crippen LogP contribution in [0.3, 0.4) is 0 Å². The molecule has 0 spiro atoms. The van der Waals surface area contributed by atoms with E-state index in [2.05, 4.69) is 10.4 Å². The largest absolute Gasteiger partial charge is 0.388 e. The number of piperidine rings is 1. The van der Waals surface area contributed by atoms with Crippen LogP contribution in [0, 0.1) is 13.8 Å². The Morgan fingerprint density at radius 2 is 2.18 bits per heavy atom. The molecule has 0 aliphatic carbocycles. The molecule has 1 aromatic heterocycles. The molecule has 2 N–H and O–H groups in total.